The molecule has 0 spiro atoms. The molecule has 4 heteroatoms. The van der Waals surface area contributed by atoms with E-state index in [1.807, 2.05) is 55.6 Å². The van der Waals surface area contributed by atoms with Gasteiger partial charge in [0.15, 0.2) is 0 Å². The molecule has 4 nitrogen and oxygen atoms in total. The highest BCUT2D eigenvalue weighted by Gasteiger charge is 2.03. The second-order valence-corrected chi connectivity index (χ2v) is 4.16. The van der Waals surface area contributed by atoms with Crippen molar-refractivity contribution in [3.8, 4) is 0 Å². The van der Waals surface area contributed by atoms with Crippen LogP contribution in [0, 0.1) is 0 Å². The molecule has 3 aromatic rings. The van der Waals surface area contributed by atoms with Gasteiger partial charge < -0.3 is 10.6 Å². The standard InChI is InChI=1S/C15H14N4/c1-16-13-8-3-9-14(19-13)18-12-7-2-5-11-6-4-10-17-15(11)12/h2-10H,1H3,(H2,16,18,19). The van der Waals surface area contributed by atoms with Crippen molar-refractivity contribution >= 4 is 28.2 Å². The van der Waals surface area contributed by atoms with E-state index >= 15 is 0 Å². The Morgan fingerprint density at radius 3 is 2.58 bits per heavy atom. The largest absolute Gasteiger partial charge is 0.373 e. The maximum Gasteiger partial charge on any atom is 0.132 e. The monoisotopic (exact) mass is 250 g/mol. The fraction of sp³-hybridized carbons (Fsp3) is 0.0667. The number of para-hydroxylation sites is 1. The molecule has 19 heavy (non-hydrogen) atoms. The van der Waals surface area contributed by atoms with Crippen molar-refractivity contribution in [3.05, 3.63) is 54.7 Å². The van der Waals surface area contributed by atoms with Crippen LogP contribution in [0.2, 0.25) is 0 Å². The molecular formula is C15H14N4. The Hall–Kier alpha value is -2.62. The van der Waals surface area contributed by atoms with Gasteiger partial charge in [0.25, 0.3) is 0 Å². The summed E-state index contributed by atoms with van der Waals surface area (Å²) in [5.74, 6) is 1.63. The molecule has 0 fully saturated rings. The molecule has 0 saturated heterocycles. The number of nitrogens with one attached hydrogen (secondary N) is 2. The fourth-order valence-corrected chi connectivity index (χ4v) is 1.99. The number of benzene rings is 1. The van der Waals surface area contributed by atoms with Gasteiger partial charge in [0.1, 0.15) is 11.6 Å². The number of nitrogens with zero attached hydrogens (tertiary/aromatic N) is 2. The van der Waals surface area contributed by atoms with Gasteiger partial charge >= 0.3 is 0 Å². The van der Waals surface area contributed by atoms with Gasteiger partial charge in [0.2, 0.25) is 0 Å². The van der Waals surface area contributed by atoms with Crippen LogP contribution in [-0.2, 0) is 0 Å². The zero-order valence-corrected chi connectivity index (χ0v) is 10.6. The molecule has 0 aliphatic rings. The second kappa shape index (κ2) is 4.94. The highest BCUT2D eigenvalue weighted by molar-refractivity contribution is 5.91. The van der Waals surface area contributed by atoms with Crippen LogP contribution in [0.4, 0.5) is 17.3 Å². The van der Waals surface area contributed by atoms with Gasteiger partial charge in [-0.2, -0.15) is 0 Å². The van der Waals surface area contributed by atoms with E-state index in [0.29, 0.717) is 0 Å². The average molecular weight is 250 g/mol. The van der Waals surface area contributed by atoms with Crippen LogP contribution < -0.4 is 10.6 Å². The third-order valence-corrected chi connectivity index (χ3v) is 2.90. The molecule has 1 aromatic carbocycles. The van der Waals surface area contributed by atoms with Gasteiger partial charge in [-0.25, -0.2) is 4.98 Å². The second-order valence-electron chi connectivity index (χ2n) is 4.16. The topological polar surface area (TPSA) is 49.8 Å². The number of anilines is 3. The summed E-state index contributed by atoms with van der Waals surface area (Å²) in [6.07, 6.45) is 1.80. The van der Waals surface area contributed by atoms with Gasteiger partial charge in [-0.05, 0) is 24.3 Å². The van der Waals surface area contributed by atoms with Crippen molar-refractivity contribution in [1.82, 2.24) is 9.97 Å². The first kappa shape index (κ1) is 11.5. The van der Waals surface area contributed by atoms with Gasteiger partial charge in [0.05, 0.1) is 11.2 Å². The number of rotatable bonds is 3. The van der Waals surface area contributed by atoms with Crippen LogP contribution in [0.3, 0.4) is 0 Å². The van der Waals surface area contributed by atoms with Crippen LogP contribution in [0.25, 0.3) is 10.9 Å². The summed E-state index contributed by atoms with van der Waals surface area (Å²) in [6, 6.07) is 15.9. The van der Waals surface area contributed by atoms with Gasteiger partial charge in [-0.1, -0.05) is 24.3 Å². The Labute approximate surface area is 111 Å². The van der Waals surface area contributed by atoms with Crippen molar-refractivity contribution < 1.29 is 0 Å². The molecule has 0 bridgehead atoms. The van der Waals surface area contributed by atoms with Crippen LogP contribution in [0.15, 0.2) is 54.7 Å². The van der Waals surface area contributed by atoms with E-state index in [2.05, 4.69) is 20.6 Å². The lowest BCUT2D eigenvalue weighted by atomic mass is 10.2. The summed E-state index contributed by atoms with van der Waals surface area (Å²) in [5, 5.41) is 7.44. The number of pyridine rings is 2. The summed E-state index contributed by atoms with van der Waals surface area (Å²) in [7, 11) is 1.85. The molecule has 0 atom stereocenters. The smallest absolute Gasteiger partial charge is 0.132 e. The molecule has 3 rings (SSSR count). The van der Waals surface area contributed by atoms with E-state index in [4.69, 9.17) is 0 Å². The van der Waals surface area contributed by atoms with E-state index in [0.717, 1.165) is 28.2 Å². The minimum absolute atomic E-state index is 0.796. The predicted octanol–water partition coefficient (Wildman–Crippen LogP) is 3.42. The third-order valence-electron chi connectivity index (χ3n) is 2.90. The summed E-state index contributed by atoms with van der Waals surface area (Å²) in [6.45, 7) is 0. The SMILES string of the molecule is CNc1cccc(Nc2cccc3cccnc23)n1. The molecule has 0 aliphatic heterocycles. The summed E-state index contributed by atoms with van der Waals surface area (Å²) < 4.78 is 0. The van der Waals surface area contributed by atoms with Gasteiger partial charge in [-0.15, -0.1) is 0 Å². The minimum Gasteiger partial charge on any atom is -0.373 e. The fourth-order valence-electron chi connectivity index (χ4n) is 1.99. The van der Waals surface area contributed by atoms with E-state index in [1.165, 1.54) is 0 Å². The van der Waals surface area contributed by atoms with Crippen LogP contribution in [-0.4, -0.2) is 17.0 Å². The first-order valence-electron chi connectivity index (χ1n) is 6.12. The Morgan fingerprint density at radius 1 is 0.895 bits per heavy atom. The van der Waals surface area contributed by atoms with Crippen molar-refractivity contribution in [2.45, 2.75) is 0 Å². The predicted molar refractivity (Wildman–Crippen MR) is 78.8 cm³/mol. The molecule has 2 N–H and O–H groups in total. The van der Waals surface area contributed by atoms with Crippen molar-refractivity contribution in [2.24, 2.45) is 0 Å². The average Bonchev–Trinajstić information content (AvgIpc) is 2.48. The van der Waals surface area contributed by atoms with Gasteiger partial charge in [-0.3, -0.25) is 4.98 Å². The lowest BCUT2D eigenvalue weighted by Gasteiger charge is -2.09. The number of hydrogen-bond donors (Lipinski definition) is 2. The van der Waals surface area contributed by atoms with Crippen LogP contribution in [0.5, 0.6) is 0 Å². The maximum absolute atomic E-state index is 4.44. The lowest BCUT2D eigenvalue weighted by Crippen LogP contribution is -1.98. The van der Waals surface area contributed by atoms with Crippen molar-refractivity contribution in [2.75, 3.05) is 17.7 Å². The number of fused-ring (bicyclic) bond motifs is 1. The number of hydrogen-bond acceptors (Lipinski definition) is 4. The zero-order chi connectivity index (χ0) is 13.1. The Bertz CT molecular complexity index is 704. The molecule has 0 unspecified atom stereocenters. The molecule has 2 aromatic heterocycles. The minimum atomic E-state index is 0.796. The molecular weight excluding hydrogens is 236 g/mol. The summed E-state index contributed by atoms with van der Waals surface area (Å²) in [5.41, 5.74) is 1.90. The summed E-state index contributed by atoms with van der Waals surface area (Å²) >= 11 is 0. The van der Waals surface area contributed by atoms with E-state index in [9.17, 15) is 0 Å². The molecule has 94 valence electrons. The molecule has 2 heterocycles. The van der Waals surface area contributed by atoms with Crippen LogP contribution in [0.1, 0.15) is 0 Å². The Balaban J connectivity index is 2.01. The van der Waals surface area contributed by atoms with E-state index in [-0.39, 0.29) is 0 Å². The quantitative estimate of drug-likeness (QED) is 0.748. The van der Waals surface area contributed by atoms with E-state index < -0.39 is 0 Å². The third kappa shape index (κ3) is 2.33. The number of aromatic nitrogens is 2. The Kier molecular flexibility index (Phi) is 2.98. The van der Waals surface area contributed by atoms with E-state index in [1.54, 1.807) is 6.20 Å². The first-order valence-corrected chi connectivity index (χ1v) is 6.12. The summed E-state index contributed by atoms with van der Waals surface area (Å²) in [4.78, 5) is 8.86. The van der Waals surface area contributed by atoms with Gasteiger partial charge in [0, 0.05) is 18.6 Å². The highest BCUT2D eigenvalue weighted by atomic mass is 15.1. The molecule has 0 amide bonds. The zero-order valence-electron chi connectivity index (χ0n) is 10.6. The molecule has 0 aliphatic carbocycles. The normalized spacial score (nSPS) is 10.4. The van der Waals surface area contributed by atoms with Crippen molar-refractivity contribution in [1.29, 1.82) is 0 Å². The first-order chi connectivity index (χ1) is 9.36. The molecule has 0 saturated carbocycles. The molecule has 0 radical (unpaired) electrons. The van der Waals surface area contributed by atoms with Crippen LogP contribution >= 0.6 is 0 Å². The lowest BCUT2D eigenvalue weighted by molar-refractivity contribution is 1.27. The van der Waals surface area contributed by atoms with Crippen molar-refractivity contribution in [3.63, 3.8) is 0 Å². The maximum atomic E-state index is 4.44. The Morgan fingerprint density at radius 2 is 1.68 bits per heavy atom. The highest BCUT2D eigenvalue weighted by Crippen LogP contribution is 2.24.